The van der Waals surface area contributed by atoms with Gasteiger partial charge in [-0.1, -0.05) is 19.9 Å². The van der Waals surface area contributed by atoms with Gasteiger partial charge in [-0.05, 0) is 86.5 Å². The van der Waals surface area contributed by atoms with Crippen LogP contribution in [-0.2, 0) is 42.7 Å². The highest BCUT2D eigenvalue weighted by atomic mass is 16.8. The molecule has 67 heavy (non-hydrogen) atoms. The number of fused-ring (bicyclic) bond motifs is 3. The van der Waals surface area contributed by atoms with Gasteiger partial charge in [0.2, 0.25) is 6.29 Å². The molecule has 0 amide bonds. The number of aliphatic hydroxyl groups excluding tert-OH is 14. The molecule has 23 heteroatoms. The second-order valence-corrected chi connectivity index (χ2v) is 20.8. The minimum atomic E-state index is -1.95. The van der Waals surface area contributed by atoms with Gasteiger partial charge in [-0.3, -0.25) is 4.79 Å². The number of carbonyl (C=O) groups excluding carboxylic acids is 1. The van der Waals surface area contributed by atoms with Crippen LogP contribution < -0.4 is 0 Å². The molecule has 1 spiro atoms. The largest absolute Gasteiger partial charge is 0.432 e. The second kappa shape index (κ2) is 19.4. The molecular weight excluding hydrogens is 896 g/mol. The third-order valence-corrected chi connectivity index (χ3v) is 17.1. The van der Waals surface area contributed by atoms with Crippen LogP contribution in [0.5, 0.6) is 0 Å². The smallest absolute Gasteiger partial charge is 0.314 e. The van der Waals surface area contributed by atoms with Crippen molar-refractivity contribution >= 4 is 5.97 Å². The highest BCUT2D eigenvalue weighted by Gasteiger charge is 2.70. The van der Waals surface area contributed by atoms with Crippen LogP contribution in [-0.4, -0.2) is 232 Å². The molecule has 0 radical (unpaired) electrons. The molecule has 0 aromatic carbocycles. The zero-order chi connectivity index (χ0) is 48.7. The maximum absolute atomic E-state index is 14.3. The molecule has 8 aliphatic rings. The molecule has 8 rings (SSSR count). The first kappa shape index (κ1) is 51.7. The number of carbonyl (C=O) groups is 1. The van der Waals surface area contributed by atoms with Gasteiger partial charge in [0.25, 0.3) is 0 Å². The predicted molar refractivity (Wildman–Crippen MR) is 219 cm³/mol. The maximum Gasteiger partial charge on any atom is 0.314 e. The van der Waals surface area contributed by atoms with E-state index >= 15 is 0 Å². The lowest BCUT2D eigenvalue weighted by Crippen LogP contribution is -2.68. The molecule has 4 heterocycles. The van der Waals surface area contributed by atoms with E-state index in [1.165, 1.54) is 0 Å². The highest BCUT2D eigenvalue weighted by Crippen LogP contribution is 2.74. The number of esters is 1. The van der Waals surface area contributed by atoms with Crippen molar-refractivity contribution in [3.8, 4) is 0 Å². The Hall–Kier alpha value is -1.63. The van der Waals surface area contributed by atoms with Crippen LogP contribution in [0.2, 0.25) is 0 Å². The molecule has 23 nitrogen and oxygen atoms in total. The lowest BCUT2D eigenvalue weighted by Gasteiger charge is -2.64. The number of hydrogen-bond acceptors (Lipinski definition) is 23. The van der Waals surface area contributed by atoms with Gasteiger partial charge in [0.05, 0.1) is 37.4 Å². The summed E-state index contributed by atoms with van der Waals surface area (Å²) in [5.41, 5.74) is -2.33. The van der Waals surface area contributed by atoms with E-state index in [4.69, 9.17) is 37.9 Å². The van der Waals surface area contributed by atoms with Gasteiger partial charge in [-0.15, -0.1) is 0 Å². The van der Waals surface area contributed by atoms with Crippen molar-refractivity contribution in [3.63, 3.8) is 0 Å². The Balaban J connectivity index is 1.06. The summed E-state index contributed by atoms with van der Waals surface area (Å²) in [7, 11) is 0. The van der Waals surface area contributed by atoms with Gasteiger partial charge in [-0.25, -0.2) is 0 Å². The van der Waals surface area contributed by atoms with Crippen molar-refractivity contribution in [1.29, 1.82) is 0 Å². The monoisotopic (exact) mass is 966 g/mol. The van der Waals surface area contributed by atoms with Crippen LogP contribution in [0.1, 0.15) is 71.6 Å². The summed E-state index contributed by atoms with van der Waals surface area (Å²) in [6.45, 7) is 5.41. The average Bonchev–Trinajstić information content (AvgIpc) is 3.50. The number of ether oxygens (including phenoxy) is 8. The Bertz CT molecular complexity index is 1760. The highest BCUT2D eigenvalue weighted by molar-refractivity contribution is 5.77. The van der Waals surface area contributed by atoms with Crippen molar-refractivity contribution in [2.24, 2.45) is 28.1 Å². The van der Waals surface area contributed by atoms with Crippen LogP contribution in [0.15, 0.2) is 12.2 Å². The lowest BCUT2D eigenvalue weighted by molar-refractivity contribution is -0.400. The van der Waals surface area contributed by atoms with Gasteiger partial charge in [0.15, 0.2) is 18.9 Å². The summed E-state index contributed by atoms with van der Waals surface area (Å²) < 4.78 is 48.2. The Kier molecular flexibility index (Phi) is 15.0. The summed E-state index contributed by atoms with van der Waals surface area (Å²) in [6, 6.07) is 0. The zero-order valence-electron chi connectivity index (χ0n) is 37.5. The van der Waals surface area contributed by atoms with Crippen LogP contribution in [0.3, 0.4) is 0 Å². The molecule has 14 N–H and O–H groups in total. The fourth-order valence-corrected chi connectivity index (χ4v) is 13.5. The molecule has 4 aliphatic carbocycles. The molecule has 0 unspecified atom stereocenters. The molecule has 4 saturated heterocycles. The van der Waals surface area contributed by atoms with Crippen LogP contribution in [0.4, 0.5) is 0 Å². The molecular formula is C44H70O23. The van der Waals surface area contributed by atoms with E-state index in [0.717, 1.165) is 6.42 Å². The van der Waals surface area contributed by atoms with E-state index in [0.29, 0.717) is 56.9 Å². The SMILES string of the molecule is C=C1C[C@@]23CC[C@@H]4[C@@](C)(CCC[C@@]4(C)C(=O)O[C@@H]4O[C@H](CO)[C@@H](O)[C@H](O)[C@H]4O)[C@H]2CC[C@]1(O[C@H]1O[C@H](CO)[C@@H](O)[C@H](O[C@@H]2O[C@H](CO)[C@@H](O)[C@H](O)[C@H]2O)[C@H]1O[C@@H]1O[C@H](CO)[C@@H](O)[C@H](O)[C@H]1O)C3. The van der Waals surface area contributed by atoms with E-state index < -0.39 is 177 Å². The first-order chi connectivity index (χ1) is 31.6. The summed E-state index contributed by atoms with van der Waals surface area (Å²) in [4.78, 5) is 14.3. The van der Waals surface area contributed by atoms with E-state index in [9.17, 15) is 76.3 Å². The number of hydrogen-bond donors (Lipinski definition) is 14. The van der Waals surface area contributed by atoms with Crippen molar-refractivity contribution < 1.29 is 114 Å². The molecule has 384 valence electrons. The first-order valence-electron chi connectivity index (χ1n) is 23.4. The van der Waals surface area contributed by atoms with Gasteiger partial charge in [0.1, 0.15) is 97.7 Å². The summed E-state index contributed by atoms with van der Waals surface area (Å²) in [6.07, 6.45) is -29.1. The maximum atomic E-state index is 14.3. The standard InChI is InChI=1S/C44H70O23/c1-17-11-43-9-5-22-41(2,7-4-8-42(22,3)40(59)66-38-33(58)30(55)26(51)20(14-47)62-38)23(43)6-10-44(17,16-43)67-39-35(65-37-32(57)29(54)25(50)19(13-46)61-37)34(27(52)21(15-48)63-39)64-36-31(56)28(53)24(49)18(12-45)60-36/h18-39,45-58H,1,4-16H2,2-3H3/t18-,19-,20-,21-,22-,23-,24-,25-,26-,27-,28+,29+,30+,31-,32-,33-,34+,35-,36+,37+,38+,39-,41-,42-,43-,44+/m1/s1. The third-order valence-electron chi connectivity index (χ3n) is 17.1. The van der Waals surface area contributed by atoms with Crippen molar-refractivity contribution in [1.82, 2.24) is 0 Å². The minimum Gasteiger partial charge on any atom is -0.432 e. The molecule has 26 atom stereocenters. The lowest BCUT2D eigenvalue weighted by atomic mass is 9.41. The molecule has 2 bridgehead atoms. The molecule has 4 aliphatic heterocycles. The zero-order valence-corrected chi connectivity index (χ0v) is 37.5. The van der Waals surface area contributed by atoms with E-state index in [1.807, 2.05) is 6.92 Å². The molecule has 4 saturated carbocycles. The number of rotatable bonds is 12. The molecule has 0 aromatic rings. The fraction of sp³-hybridized carbons (Fsp3) is 0.932. The second-order valence-electron chi connectivity index (χ2n) is 20.8. The van der Waals surface area contributed by atoms with E-state index in [2.05, 4.69) is 13.5 Å². The fourth-order valence-electron chi connectivity index (χ4n) is 13.5. The van der Waals surface area contributed by atoms with Gasteiger partial charge < -0.3 is 109 Å². The van der Waals surface area contributed by atoms with E-state index in [1.54, 1.807) is 0 Å². The van der Waals surface area contributed by atoms with Gasteiger partial charge in [-0.2, -0.15) is 0 Å². The third kappa shape index (κ3) is 8.63. The van der Waals surface area contributed by atoms with Gasteiger partial charge >= 0.3 is 5.97 Å². The predicted octanol–water partition coefficient (Wildman–Crippen LogP) is -5.11. The summed E-state index contributed by atoms with van der Waals surface area (Å²) >= 11 is 0. The first-order valence-corrected chi connectivity index (χ1v) is 23.4. The number of aliphatic hydroxyl groups is 14. The quantitative estimate of drug-likeness (QED) is 0.0494. The average molecular weight is 967 g/mol. The summed E-state index contributed by atoms with van der Waals surface area (Å²) in [5, 5.41) is 148. The Morgan fingerprint density at radius 3 is 1.57 bits per heavy atom. The van der Waals surface area contributed by atoms with Crippen molar-refractivity contribution in [2.75, 3.05) is 26.4 Å². The topological polar surface area (TPSA) is 374 Å². The Morgan fingerprint density at radius 2 is 1.03 bits per heavy atom. The van der Waals surface area contributed by atoms with Crippen LogP contribution in [0.25, 0.3) is 0 Å². The molecule has 8 fully saturated rings. The van der Waals surface area contributed by atoms with Crippen molar-refractivity contribution in [2.45, 2.75) is 200 Å². The normalized spacial score (nSPS) is 54.5. The minimum absolute atomic E-state index is 0.0251. The van der Waals surface area contributed by atoms with Crippen molar-refractivity contribution in [3.05, 3.63) is 12.2 Å². The Morgan fingerprint density at radius 1 is 0.567 bits per heavy atom. The van der Waals surface area contributed by atoms with Crippen LogP contribution in [0, 0.1) is 28.1 Å². The van der Waals surface area contributed by atoms with Crippen LogP contribution >= 0.6 is 0 Å². The van der Waals surface area contributed by atoms with E-state index in [-0.39, 0.29) is 11.8 Å². The summed E-state index contributed by atoms with van der Waals surface area (Å²) in [5.74, 6) is -0.805. The Labute approximate surface area is 386 Å². The van der Waals surface area contributed by atoms with Gasteiger partial charge in [0, 0.05) is 0 Å². The molecule has 0 aromatic heterocycles.